The van der Waals surface area contributed by atoms with Crippen LogP contribution >= 0.6 is 0 Å². The standard InChI is InChI=1S/C16H14O2/c17-12-6-5-8-14-16(12)11-4-3-10-15(16)9-2-1-7-13(15)18-14/h1-8,10-12,17H,9H2. The van der Waals surface area contributed by atoms with Gasteiger partial charge in [0.1, 0.15) is 11.5 Å². The molecule has 0 bridgehead atoms. The summed E-state index contributed by atoms with van der Waals surface area (Å²) in [6.07, 6.45) is 20.5. The highest BCUT2D eigenvalue weighted by atomic mass is 16.5. The number of ether oxygens (including phenoxy) is 1. The highest BCUT2D eigenvalue weighted by molar-refractivity contribution is 5.51. The molecule has 0 aromatic carbocycles. The van der Waals surface area contributed by atoms with Crippen LogP contribution in [0, 0.1) is 10.8 Å². The van der Waals surface area contributed by atoms with Crippen molar-refractivity contribution in [1.29, 1.82) is 0 Å². The predicted molar refractivity (Wildman–Crippen MR) is 69.3 cm³/mol. The Morgan fingerprint density at radius 3 is 2.83 bits per heavy atom. The normalized spacial score (nSPS) is 42.6. The Morgan fingerprint density at radius 1 is 1.06 bits per heavy atom. The molecule has 0 aromatic rings. The summed E-state index contributed by atoms with van der Waals surface area (Å²) in [6, 6.07) is 0. The van der Waals surface area contributed by atoms with Crippen LogP contribution < -0.4 is 0 Å². The van der Waals surface area contributed by atoms with Crippen LogP contribution in [0.3, 0.4) is 0 Å². The maximum absolute atomic E-state index is 10.6. The van der Waals surface area contributed by atoms with Crippen molar-refractivity contribution in [1.82, 2.24) is 0 Å². The van der Waals surface area contributed by atoms with Gasteiger partial charge in [0.2, 0.25) is 0 Å². The monoisotopic (exact) mass is 238 g/mol. The Balaban J connectivity index is 2.03. The summed E-state index contributed by atoms with van der Waals surface area (Å²) in [6.45, 7) is 0. The van der Waals surface area contributed by atoms with Gasteiger partial charge in [-0.3, -0.25) is 0 Å². The first kappa shape index (κ1) is 10.2. The van der Waals surface area contributed by atoms with E-state index in [4.69, 9.17) is 4.74 Å². The van der Waals surface area contributed by atoms with E-state index in [1.165, 1.54) is 0 Å². The number of rotatable bonds is 0. The summed E-state index contributed by atoms with van der Waals surface area (Å²) in [5.41, 5.74) is -0.723. The van der Waals surface area contributed by atoms with Crippen LogP contribution in [0.15, 0.2) is 72.3 Å². The lowest BCUT2D eigenvalue weighted by Gasteiger charge is -2.44. The van der Waals surface area contributed by atoms with Crippen molar-refractivity contribution in [2.45, 2.75) is 12.5 Å². The van der Waals surface area contributed by atoms with E-state index in [-0.39, 0.29) is 5.41 Å². The summed E-state index contributed by atoms with van der Waals surface area (Å²) in [5, 5.41) is 10.6. The van der Waals surface area contributed by atoms with Gasteiger partial charge in [0.15, 0.2) is 0 Å². The maximum Gasteiger partial charge on any atom is 0.118 e. The van der Waals surface area contributed by atoms with Crippen LogP contribution in [0.5, 0.6) is 0 Å². The van der Waals surface area contributed by atoms with E-state index in [1.807, 2.05) is 36.5 Å². The zero-order valence-electron chi connectivity index (χ0n) is 9.91. The second-order valence-electron chi connectivity index (χ2n) is 5.18. The molecule has 2 nitrogen and oxygen atoms in total. The molecule has 3 aliphatic carbocycles. The van der Waals surface area contributed by atoms with Crippen molar-refractivity contribution in [3.8, 4) is 0 Å². The zero-order chi connectivity index (χ0) is 12.2. The quantitative estimate of drug-likeness (QED) is 0.703. The summed E-state index contributed by atoms with van der Waals surface area (Å²) >= 11 is 0. The number of aliphatic hydroxyl groups is 1. The number of hydrogen-bond donors (Lipinski definition) is 1. The average molecular weight is 238 g/mol. The molecule has 4 aliphatic rings. The highest BCUT2D eigenvalue weighted by Gasteiger charge is 2.64. The van der Waals surface area contributed by atoms with Crippen LogP contribution in [-0.4, -0.2) is 11.2 Å². The van der Waals surface area contributed by atoms with Gasteiger partial charge >= 0.3 is 0 Å². The van der Waals surface area contributed by atoms with Crippen LogP contribution in [0.2, 0.25) is 0 Å². The van der Waals surface area contributed by atoms with Gasteiger partial charge in [0.05, 0.1) is 16.9 Å². The van der Waals surface area contributed by atoms with E-state index >= 15 is 0 Å². The van der Waals surface area contributed by atoms with E-state index in [9.17, 15) is 5.11 Å². The fourth-order valence-electron chi connectivity index (χ4n) is 3.61. The van der Waals surface area contributed by atoms with Gasteiger partial charge in [-0.1, -0.05) is 48.6 Å². The van der Waals surface area contributed by atoms with Crippen molar-refractivity contribution in [2.24, 2.45) is 10.8 Å². The van der Waals surface area contributed by atoms with Gasteiger partial charge in [-0.05, 0) is 18.6 Å². The fourth-order valence-corrected chi connectivity index (χ4v) is 3.61. The van der Waals surface area contributed by atoms with E-state index in [0.29, 0.717) is 0 Å². The molecule has 3 unspecified atom stereocenters. The lowest BCUT2D eigenvalue weighted by molar-refractivity contribution is 0.0654. The molecule has 0 amide bonds. The summed E-state index contributed by atoms with van der Waals surface area (Å²) in [5.74, 6) is 1.80. The smallest absolute Gasteiger partial charge is 0.118 e. The SMILES string of the molecule is OC1C=CC=C2OC3=CC=CCC34C=CC=CC214. The number of aliphatic hydroxyl groups excluding tert-OH is 1. The minimum absolute atomic E-state index is 0.257. The second kappa shape index (κ2) is 3.15. The van der Waals surface area contributed by atoms with Gasteiger partial charge in [-0.2, -0.15) is 0 Å². The number of allylic oxidation sites excluding steroid dienone is 8. The van der Waals surface area contributed by atoms with Crippen molar-refractivity contribution < 1.29 is 9.84 Å². The van der Waals surface area contributed by atoms with Gasteiger partial charge < -0.3 is 9.84 Å². The first-order valence-corrected chi connectivity index (χ1v) is 6.29. The van der Waals surface area contributed by atoms with Crippen molar-refractivity contribution in [2.75, 3.05) is 0 Å². The Kier molecular flexibility index (Phi) is 1.78. The maximum atomic E-state index is 10.6. The molecule has 1 saturated heterocycles. The Hall–Kier alpha value is -1.80. The Labute approximate surface area is 106 Å². The first-order chi connectivity index (χ1) is 8.80. The van der Waals surface area contributed by atoms with Crippen molar-refractivity contribution >= 4 is 0 Å². The molecule has 4 rings (SSSR count). The summed E-state index contributed by atoms with van der Waals surface area (Å²) in [7, 11) is 0. The molecule has 1 N–H and O–H groups in total. The van der Waals surface area contributed by atoms with E-state index < -0.39 is 11.5 Å². The molecule has 90 valence electrons. The zero-order valence-corrected chi connectivity index (χ0v) is 9.91. The van der Waals surface area contributed by atoms with Crippen LogP contribution in [0.1, 0.15) is 6.42 Å². The topological polar surface area (TPSA) is 29.5 Å². The van der Waals surface area contributed by atoms with E-state index in [2.05, 4.69) is 24.3 Å². The first-order valence-electron chi connectivity index (χ1n) is 6.29. The molecule has 1 heterocycles. The van der Waals surface area contributed by atoms with Crippen molar-refractivity contribution in [3.63, 3.8) is 0 Å². The lowest BCUT2D eigenvalue weighted by atomic mass is 9.55. The van der Waals surface area contributed by atoms with Gasteiger partial charge in [-0.25, -0.2) is 0 Å². The van der Waals surface area contributed by atoms with E-state index in [0.717, 1.165) is 17.9 Å². The molecule has 3 atom stereocenters. The molecule has 1 fully saturated rings. The van der Waals surface area contributed by atoms with Crippen LogP contribution in [0.4, 0.5) is 0 Å². The average Bonchev–Trinajstić information content (AvgIpc) is 2.71. The molecule has 18 heavy (non-hydrogen) atoms. The van der Waals surface area contributed by atoms with Gasteiger partial charge in [0.25, 0.3) is 0 Å². The molecular formula is C16H14O2. The molecule has 2 heteroatoms. The molecule has 0 aromatic heterocycles. The third-order valence-electron chi connectivity index (χ3n) is 4.49. The van der Waals surface area contributed by atoms with Gasteiger partial charge in [0, 0.05) is 0 Å². The second-order valence-corrected chi connectivity index (χ2v) is 5.18. The summed E-state index contributed by atoms with van der Waals surface area (Å²) in [4.78, 5) is 0. The molecule has 2 spiro atoms. The van der Waals surface area contributed by atoms with Crippen LogP contribution in [-0.2, 0) is 4.74 Å². The largest absolute Gasteiger partial charge is 0.464 e. The molecular weight excluding hydrogens is 224 g/mol. The fraction of sp³-hybridized carbons (Fsp3) is 0.250. The third-order valence-corrected chi connectivity index (χ3v) is 4.49. The minimum Gasteiger partial charge on any atom is -0.464 e. The third kappa shape index (κ3) is 0.908. The number of hydrogen-bond acceptors (Lipinski definition) is 2. The summed E-state index contributed by atoms with van der Waals surface area (Å²) < 4.78 is 6.03. The Bertz CT molecular complexity index is 588. The van der Waals surface area contributed by atoms with Gasteiger partial charge in [-0.15, -0.1) is 0 Å². The predicted octanol–water partition coefficient (Wildman–Crippen LogP) is 2.77. The molecule has 0 radical (unpaired) electrons. The lowest BCUT2D eigenvalue weighted by Crippen LogP contribution is -2.47. The molecule has 1 aliphatic heterocycles. The van der Waals surface area contributed by atoms with Crippen molar-refractivity contribution in [3.05, 3.63) is 72.3 Å². The molecule has 0 saturated carbocycles. The highest BCUT2D eigenvalue weighted by Crippen LogP contribution is 2.65. The van der Waals surface area contributed by atoms with E-state index in [1.54, 1.807) is 0 Å². The Morgan fingerprint density at radius 2 is 1.89 bits per heavy atom. The van der Waals surface area contributed by atoms with Crippen LogP contribution in [0.25, 0.3) is 0 Å². The minimum atomic E-state index is -0.545.